The van der Waals surface area contributed by atoms with Crippen molar-refractivity contribution < 1.29 is 18.7 Å². The van der Waals surface area contributed by atoms with Gasteiger partial charge in [-0.3, -0.25) is 4.79 Å². The van der Waals surface area contributed by atoms with Crippen molar-refractivity contribution in [1.29, 1.82) is 0 Å². The lowest BCUT2D eigenvalue weighted by atomic mass is 10.3. The van der Waals surface area contributed by atoms with Gasteiger partial charge in [0, 0.05) is 12.7 Å². The van der Waals surface area contributed by atoms with Crippen LogP contribution in [0.25, 0.3) is 0 Å². The first-order valence-corrected chi connectivity index (χ1v) is 9.83. The van der Waals surface area contributed by atoms with Crippen molar-refractivity contribution in [3.05, 3.63) is 60.2 Å². The number of rotatable bonds is 8. The van der Waals surface area contributed by atoms with Crippen molar-refractivity contribution in [2.24, 2.45) is 7.05 Å². The minimum Gasteiger partial charge on any atom is -0.493 e. The Kier molecular flexibility index (Phi) is 6.71. The number of aromatic nitrogens is 3. The summed E-state index contributed by atoms with van der Waals surface area (Å²) in [6.07, 6.45) is -0.369. The summed E-state index contributed by atoms with van der Waals surface area (Å²) in [4.78, 5) is 12.1. The fourth-order valence-corrected chi connectivity index (χ4v) is 3.34. The van der Waals surface area contributed by atoms with E-state index in [-0.39, 0.29) is 23.6 Å². The zero-order chi connectivity index (χ0) is 20.8. The van der Waals surface area contributed by atoms with Crippen LogP contribution in [-0.2, 0) is 11.8 Å². The first-order chi connectivity index (χ1) is 14.0. The largest absolute Gasteiger partial charge is 0.493 e. The summed E-state index contributed by atoms with van der Waals surface area (Å²) in [5.41, 5.74) is 0.537. The summed E-state index contributed by atoms with van der Waals surface area (Å²) in [5, 5.41) is 11.6. The van der Waals surface area contributed by atoms with Crippen LogP contribution in [0.4, 0.5) is 10.1 Å². The number of benzene rings is 2. The Labute approximate surface area is 172 Å². The van der Waals surface area contributed by atoms with E-state index in [0.29, 0.717) is 28.2 Å². The summed E-state index contributed by atoms with van der Waals surface area (Å²) in [7, 11) is 3.40. The molecule has 9 heteroatoms. The van der Waals surface area contributed by atoms with Gasteiger partial charge in [-0.05, 0) is 43.3 Å². The number of nitrogens with zero attached hydrogens (tertiary/aromatic N) is 3. The van der Waals surface area contributed by atoms with Crippen LogP contribution in [-0.4, -0.2) is 33.5 Å². The highest BCUT2D eigenvalue weighted by Crippen LogP contribution is 2.30. The lowest BCUT2D eigenvalue weighted by Crippen LogP contribution is -2.15. The third-order valence-electron chi connectivity index (χ3n) is 4.07. The van der Waals surface area contributed by atoms with Crippen LogP contribution in [0.1, 0.15) is 18.9 Å². The van der Waals surface area contributed by atoms with Gasteiger partial charge in [-0.1, -0.05) is 23.9 Å². The van der Waals surface area contributed by atoms with Crippen molar-refractivity contribution in [3.63, 3.8) is 0 Å². The van der Waals surface area contributed by atoms with E-state index in [0.717, 1.165) is 0 Å². The first kappa shape index (κ1) is 20.7. The average molecular weight is 416 g/mol. The highest BCUT2D eigenvalue weighted by atomic mass is 32.2. The van der Waals surface area contributed by atoms with Gasteiger partial charge in [-0.15, -0.1) is 10.2 Å². The molecule has 0 saturated carbocycles. The zero-order valence-corrected chi connectivity index (χ0v) is 17.1. The Balaban J connectivity index is 1.59. The number of halogens is 1. The van der Waals surface area contributed by atoms with Crippen LogP contribution in [0, 0.1) is 5.82 Å². The SMILES string of the molecule is COc1ccccc1OC(C)c1nnc(SCC(=O)Nc2ccc(F)cc2)n1C. The summed E-state index contributed by atoms with van der Waals surface area (Å²) >= 11 is 1.25. The van der Waals surface area contributed by atoms with Gasteiger partial charge in [0.15, 0.2) is 28.6 Å². The van der Waals surface area contributed by atoms with E-state index < -0.39 is 0 Å². The average Bonchev–Trinajstić information content (AvgIpc) is 3.09. The van der Waals surface area contributed by atoms with Crippen molar-refractivity contribution in [3.8, 4) is 11.5 Å². The number of nitrogens with one attached hydrogen (secondary N) is 1. The maximum absolute atomic E-state index is 12.9. The second-order valence-corrected chi connectivity index (χ2v) is 7.10. The lowest BCUT2D eigenvalue weighted by molar-refractivity contribution is -0.113. The highest BCUT2D eigenvalue weighted by Gasteiger charge is 2.19. The predicted octanol–water partition coefficient (Wildman–Crippen LogP) is 3.83. The molecule has 1 N–H and O–H groups in total. The summed E-state index contributed by atoms with van der Waals surface area (Å²) < 4.78 is 26.0. The molecule has 1 heterocycles. The third kappa shape index (κ3) is 5.26. The van der Waals surface area contributed by atoms with Gasteiger partial charge in [0.1, 0.15) is 5.82 Å². The van der Waals surface area contributed by atoms with E-state index in [1.54, 1.807) is 11.7 Å². The van der Waals surface area contributed by atoms with E-state index >= 15 is 0 Å². The first-order valence-electron chi connectivity index (χ1n) is 8.85. The maximum atomic E-state index is 12.9. The molecule has 1 atom stereocenters. The quantitative estimate of drug-likeness (QED) is 0.562. The number of para-hydroxylation sites is 2. The minimum atomic E-state index is -0.369. The number of anilines is 1. The molecule has 29 heavy (non-hydrogen) atoms. The number of thioether (sulfide) groups is 1. The van der Waals surface area contributed by atoms with Crippen LogP contribution >= 0.6 is 11.8 Å². The Morgan fingerprint density at radius 3 is 2.55 bits per heavy atom. The predicted molar refractivity (Wildman–Crippen MR) is 109 cm³/mol. The van der Waals surface area contributed by atoms with E-state index in [1.165, 1.54) is 36.0 Å². The molecule has 3 aromatic rings. The van der Waals surface area contributed by atoms with Crippen LogP contribution < -0.4 is 14.8 Å². The summed E-state index contributed by atoms with van der Waals surface area (Å²) in [6.45, 7) is 1.87. The Hall–Kier alpha value is -3.07. The molecule has 0 aliphatic rings. The van der Waals surface area contributed by atoms with E-state index in [4.69, 9.17) is 9.47 Å². The fraction of sp³-hybridized carbons (Fsp3) is 0.250. The molecule has 0 radical (unpaired) electrons. The molecular weight excluding hydrogens is 395 g/mol. The summed E-state index contributed by atoms with van der Waals surface area (Å²) in [6, 6.07) is 13.0. The van der Waals surface area contributed by atoms with Gasteiger partial charge in [0.05, 0.1) is 12.9 Å². The monoisotopic (exact) mass is 416 g/mol. The fourth-order valence-electron chi connectivity index (χ4n) is 2.63. The second kappa shape index (κ2) is 9.42. The van der Waals surface area contributed by atoms with Gasteiger partial charge >= 0.3 is 0 Å². The number of ether oxygens (including phenoxy) is 2. The molecule has 7 nitrogen and oxygen atoms in total. The molecule has 0 bridgehead atoms. The molecule has 0 aliphatic heterocycles. The Morgan fingerprint density at radius 2 is 1.86 bits per heavy atom. The van der Waals surface area contributed by atoms with E-state index in [1.807, 2.05) is 38.2 Å². The number of hydrogen-bond donors (Lipinski definition) is 1. The second-order valence-electron chi connectivity index (χ2n) is 6.15. The normalized spacial score (nSPS) is 11.7. The molecule has 1 amide bonds. The molecule has 152 valence electrons. The van der Waals surface area contributed by atoms with Gasteiger partial charge in [-0.25, -0.2) is 4.39 Å². The number of methoxy groups -OCH3 is 1. The minimum absolute atomic E-state index is 0.144. The van der Waals surface area contributed by atoms with Crippen molar-refractivity contribution in [1.82, 2.24) is 14.8 Å². The van der Waals surface area contributed by atoms with Crippen LogP contribution in [0.2, 0.25) is 0 Å². The number of amides is 1. The zero-order valence-electron chi connectivity index (χ0n) is 16.3. The highest BCUT2D eigenvalue weighted by molar-refractivity contribution is 7.99. The van der Waals surface area contributed by atoms with E-state index in [2.05, 4.69) is 15.5 Å². The molecule has 3 rings (SSSR count). The van der Waals surface area contributed by atoms with Gasteiger partial charge in [-0.2, -0.15) is 0 Å². The molecule has 2 aromatic carbocycles. The molecule has 1 aromatic heterocycles. The number of carbonyl (C=O) groups is 1. The Morgan fingerprint density at radius 1 is 1.17 bits per heavy atom. The van der Waals surface area contributed by atoms with Crippen LogP contribution in [0.15, 0.2) is 53.7 Å². The van der Waals surface area contributed by atoms with Gasteiger partial charge in [0.2, 0.25) is 5.91 Å². The van der Waals surface area contributed by atoms with Crippen molar-refractivity contribution in [2.45, 2.75) is 18.2 Å². The molecule has 1 unspecified atom stereocenters. The Bertz CT molecular complexity index is 978. The lowest BCUT2D eigenvalue weighted by Gasteiger charge is -2.16. The molecule has 0 aliphatic carbocycles. The summed E-state index contributed by atoms with van der Waals surface area (Å²) in [5.74, 6) is 1.44. The molecule has 0 fully saturated rings. The topological polar surface area (TPSA) is 78.3 Å². The van der Waals surface area contributed by atoms with Gasteiger partial charge in [0.25, 0.3) is 0 Å². The van der Waals surface area contributed by atoms with Crippen molar-refractivity contribution in [2.75, 3.05) is 18.2 Å². The number of carbonyl (C=O) groups excluding carboxylic acids is 1. The maximum Gasteiger partial charge on any atom is 0.234 e. The molecular formula is C20H21FN4O3S. The third-order valence-corrected chi connectivity index (χ3v) is 5.09. The standard InChI is InChI=1S/C20H21FN4O3S/c1-13(28-17-7-5-4-6-16(17)27-3)19-23-24-20(25(19)2)29-12-18(26)22-15-10-8-14(21)9-11-15/h4-11,13H,12H2,1-3H3,(H,22,26). The smallest absolute Gasteiger partial charge is 0.234 e. The van der Waals surface area contributed by atoms with Gasteiger partial charge < -0.3 is 19.4 Å². The molecule has 0 spiro atoms. The van der Waals surface area contributed by atoms with E-state index in [9.17, 15) is 9.18 Å². The number of hydrogen-bond acceptors (Lipinski definition) is 6. The van der Waals surface area contributed by atoms with Crippen LogP contribution in [0.3, 0.4) is 0 Å². The van der Waals surface area contributed by atoms with Crippen molar-refractivity contribution >= 4 is 23.4 Å². The van der Waals surface area contributed by atoms with Crippen LogP contribution in [0.5, 0.6) is 11.5 Å². The molecule has 0 saturated heterocycles.